The lowest BCUT2D eigenvalue weighted by Gasteiger charge is -2.17. The maximum Gasteiger partial charge on any atom is 0.328 e. The highest BCUT2D eigenvalue weighted by atomic mass is 16.5. The molecule has 0 bridgehead atoms. The quantitative estimate of drug-likeness (QED) is 0.655. The summed E-state index contributed by atoms with van der Waals surface area (Å²) < 4.78 is 6.91. The van der Waals surface area contributed by atoms with Crippen LogP contribution in [0.1, 0.15) is 17.5 Å². The van der Waals surface area contributed by atoms with Gasteiger partial charge in [-0.05, 0) is 30.2 Å². The molecule has 3 rings (SSSR count). The van der Waals surface area contributed by atoms with E-state index in [0.717, 1.165) is 11.1 Å². The molecule has 1 aromatic heterocycles. The van der Waals surface area contributed by atoms with Gasteiger partial charge in [-0.3, -0.25) is 4.79 Å². The largest absolute Gasteiger partial charge is 0.467 e. The molecule has 3 aromatic rings. The zero-order chi connectivity index (χ0) is 19.2. The van der Waals surface area contributed by atoms with Crippen molar-refractivity contribution in [3.63, 3.8) is 0 Å². The standard InChI is InChI=1S/C22H24N2O3/c1-16-7-6-10-20-18(16)11-13-24(20)14-12-21(25)23-19(22(26)27-2)15-17-8-4-3-5-9-17/h3-11,13,19H,12,14-15H2,1-2H3,(H,23,25)/t19-/m1/s1. The normalized spacial score (nSPS) is 11.9. The number of rotatable bonds is 7. The summed E-state index contributed by atoms with van der Waals surface area (Å²) in [4.78, 5) is 24.5. The van der Waals surface area contributed by atoms with Gasteiger partial charge in [-0.2, -0.15) is 0 Å². The Hall–Kier alpha value is -3.08. The van der Waals surface area contributed by atoms with Gasteiger partial charge in [0, 0.05) is 36.5 Å². The summed E-state index contributed by atoms with van der Waals surface area (Å²) in [6, 6.07) is 17.1. The Morgan fingerprint density at radius 3 is 2.59 bits per heavy atom. The number of nitrogens with one attached hydrogen (secondary N) is 1. The summed E-state index contributed by atoms with van der Waals surface area (Å²) in [6.45, 7) is 2.63. The second-order valence-corrected chi connectivity index (χ2v) is 6.60. The Morgan fingerprint density at radius 1 is 1.07 bits per heavy atom. The third-order valence-corrected chi connectivity index (χ3v) is 4.72. The lowest BCUT2D eigenvalue weighted by atomic mass is 10.1. The number of fused-ring (bicyclic) bond motifs is 1. The van der Waals surface area contributed by atoms with Crippen LogP contribution in [0.3, 0.4) is 0 Å². The molecule has 0 unspecified atom stereocenters. The molecule has 1 heterocycles. The van der Waals surface area contributed by atoms with Gasteiger partial charge in [0.1, 0.15) is 6.04 Å². The van der Waals surface area contributed by atoms with Crippen LogP contribution in [0.4, 0.5) is 0 Å². The van der Waals surface area contributed by atoms with E-state index in [9.17, 15) is 9.59 Å². The van der Waals surface area contributed by atoms with Gasteiger partial charge in [0.15, 0.2) is 0 Å². The highest BCUT2D eigenvalue weighted by Crippen LogP contribution is 2.19. The number of benzene rings is 2. The molecule has 1 amide bonds. The minimum Gasteiger partial charge on any atom is -0.467 e. The lowest BCUT2D eigenvalue weighted by Crippen LogP contribution is -2.43. The van der Waals surface area contributed by atoms with E-state index in [4.69, 9.17) is 4.74 Å². The predicted molar refractivity (Wildman–Crippen MR) is 105 cm³/mol. The molecule has 5 nitrogen and oxygen atoms in total. The molecule has 0 spiro atoms. The second-order valence-electron chi connectivity index (χ2n) is 6.60. The van der Waals surface area contributed by atoms with Crippen LogP contribution < -0.4 is 5.32 Å². The topological polar surface area (TPSA) is 60.3 Å². The maximum absolute atomic E-state index is 12.4. The maximum atomic E-state index is 12.4. The third-order valence-electron chi connectivity index (χ3n) is 4.72. The number of amides is 1. The average molecular weight is 364 g/mol. The molecule has 0 saturated carbocycles. The molecule has 1 atom stereocenters. The highest BCUT2D eigenvalue weighted by Gasteiger charge is 2.21. The Morgan fingerprint density at radius 2 is 1.85 bits per heavy atom. The van der Waals surface area contributed by atoms with Crippen molar-refractivity contribution in [1.29, 1.82) is 0 Å². The number of hydrogen-bond acceptors (Lipinski definition) is 3. The number of carbonyl (C=O) groups is 2. The second kappa shape index (κ2) is 8.54. The zero-order valence-electron chi connectivity index (χ0n) is 15.6. The van der Waals surface area contributed by atoms with Crippen LogP contribution >= 0.6 is 0 Å². The van der Waals surface area contributed by atoms with Gasteiger partial charge < -0.3 is 14.6 Å². The molecule has 5 heteroatoms. The molecule has 0 fully saturated rings. The Kier molecular flexibility index (Phi) is 5.91. The van der Waals surface area contributed by atoms with Crippen LogP contribution in [-0.2, 0) is 27.3 Å². The monoisotopic (exact) mass is 364 g/mol. The van der Waals surface area contributed by atoms with Crippen LogP contribution in [0.5, 0.6) is 0 Å². The first-order chi connectivity index (χ1) is 13.1. The van der Waals surface area contributed by atoms with Crippen LogP contribution in [-0.4, -0.2) is 29.6 Å². The molecule has 0 radical (unpaired) electrons. The number of aromatic nitrogens is 1. The Bertz CT molecular complexity index is 931. The summed E-state index contributed by atoms with van der Waals surface area (Å²) in [7, 11) is 1.33. The van der Waals surface area contributed by atoms with Gasteiger partial charge in [0.05, 0.1) is 7.11 Å². The van der Waals surface area contributed by atoms with Crippen molar-refractivity contribution in [2.45, 2.75) is 32.4 Å². The van der Waals surface area contributed by atoms with E-state index >= 15 is 0 Å². The average Bonchev–Trinajstić information content (AvgIpc) is 3.10. The van der Waals surface area contributed by atoms with Crippen molar-refractivity contribution in [3.05, 3.63) is 71.9 Å². The van der Waals surface area contributed by atoms with E-state index < -0.39 is 12.0 Å². The fourth-order valence-electron chi connectivity index (χ4n) is 3.25. The number of carbonyl (C=O) groups excluding carboxylic acids is 2. The van der Waals surface area contributed by atoms with Gasteiger partial charge in [0.2, 0.25) is 5.91 Å². The Labute approximate surface area is 158 Å². The number of esters is 1. The molecule has 27 heavy (non-hydrogen) atoms. The molecule has 0 aliphatic rings. The van der Waals surface area contributed by atoms with E-state index in [-0.39, 0.29) is 5.91 Å². The lowest BCUT2D eigenvalue weighted by molar-refractivity contribution is -0.145. The van der Waals surface area contributed by atoms with Crippen molar-refractivity contribution in [2.24, 2.45) is 0 Å². The number of aryl methyl sites for hydroxylation is 2. The SMILES string of the molecule is COC(=O)[C@@H](Cc1ccccc1)NC(=O)CCn1ccc2c(C)cccc21. The summed E-state index contributed by atoms with van der Waals surface area (Å²) in [5, 5.41) is 4.00. The van der Waals surface area contributed by atoms with Crippen LogP contribution in [0.15, 0.2) is 60.8 Å². The van der Waals surface area contributed by atoms with E-state index in [2.05, 4.69) is 28.9 Å². The number of hydrogen-bond donors (Lipinski definition) is 1. The van der Waals surface area contributed by atoms with E-state index in [1.54, 1.807) is 0 Å². The first kappa shape index (κ1) is 18.7. The van der Waals surface area contributed by atoms with E-state index in [1.165, 1.54) is 18.1 Å². The summed E-state index contributed by atoms with van der Waals surface area (Å²) in [6.07, 6.45) is 2.69. The molecular formula is C22H24N2O3. The summed E-state index contributed by atoms with van der Waals surface area (Å²) >= 11 is 0. The van der Waals surface area contributed by atoms with E-state index in [1.807, 2.05) is 48.7 Å². The number of nitrogens with zero attached hydrogens (tertiary/aromatic N) is 1. The first-order valence-corrected chi connectivity index (χ1v) is 9.04. The van der Waals surface area contributed by atoms with Crippen molar-refractivity contribution in [1.82, 2.24) is 9.88 Å². The number of ether oxygens (including phenoxy) is 1. The number of methoxy groups -OCH3 is 1. The van der Waals surface area contributed by atoms with Crippen LogP contribution in [0, 0.1) is 6.92 Å². The summed E-state index contributed by atoms with van der Waals surface area (Å²) in [5.74, 6) is -0.606. The third kappa shape index (κ3) is 4.56. The predicted octanol–water partition coefficient (Wildman–Crippen LogP) is 3.24. The minimum atomic E-state index is -0.687. The fourth-order valence-corrected chi connectivity index (χ4v) is 3.25. The van der Waals surface area contributed by atoms with Gasteiger partial charge in [-0.1, -0.05) is 42.5 Å². The fraction of sp³-hybridized carbons (Fsp3) is 0.273. The first-order valence-electron chi connectivity index (χ1n) is 9.04. The van der Waals surface area contributed by atoms with Crippen molar-refractivity contribution >= 4 is 22.8 Å². The smallest absolute Gasteiger partial charge is 0.328 e. The minimum absolute atomic E-state index is 0.171. The van der Waals surface area contributed by atoms with Crippen molar-refractivity contribution < 1.29 is 14.3 Å². The van der Waals surface area contributed by atoms with Crippen LogP contribution in [0.25, 0.3) is 10.9 Å². The highest BCUT2D eigenvalue weighted by molar-refractivity contribution is 5.85. The molecule has 140 valence electrons. The summed E-state index contributed by atoms with van der Waals surface area (Å²) in [5.41, 5.74) is 3.29. The van der Waals surface area contributed by atoms with Crippen LogP contribution in [0.2, 0.25) is 0 Å². The molecular weight excluding hydrogens is 340 g/mol. The van der Waals surface area contributed by atoms with E-state index in [0.29, 0.717) is 19.4 Å². The molecule has 1 N–H and O–H groups in total. The zero-order valence-corrected chi connectivity index (χ0v) is 15.6. The van der Waals surface area contributed by atoms with Gasteiger partial charge >= 0.3 is 5.97 Å². The van der Waals surface area contributed by atoms with Gasteiger partial charge in [0.25, 0.3) is 0 Å². The molecule has 0 aliphatic heterocycles. The van der Waals surface area contributed by atoms with Gasteiger partial charge in [-0.15, -0.1) is 0 Å². The molecule has 0 aliphatic carbocycles. The Balaban J connectivity index is 1.63. The van der Waals surface area contributed by atoms with Gasteiger partial charge in [-0.25, -0.2) is 4.79 Å². The molecule has 0 saturated heterocycles. The van der Waals surface area contributed by atoms with Crippen molar-refractivity contribution in [3.8, 4) is 0 Å². The van der Waals surface area contributed by atoms with Crippen molar-refractivity contribution in [2.75, 3.05) is 7.11 Å². The molecule has 2 aromatic carbocycles.